The highest BCUT2D eigenvalue weighted by atomic mass is 19.1. The molecule has 5 heteroatoms. The lowest BCUT2D eigenvalue weighted by atomic mass is 9.94. The van der Waals surface area contributed by atoms with Gasteiger partial charge in [-0.15, -0.1) is 0 Å². The maximum atomic E-state index is 13.1. The molecule has 0 aliphatic carbocycles. The van der Waals surface area contributed by atoms with Crippen LogP contribution >= 0.6 is 0 Å². The quantitative estimate of drug-likeness (QED) is 0.906. The molecule has 1 saturated heterocycles. The summed E-state index contributed by atoms with van der Waals surface area (Å²) in [5.41, 5.74) is 6.58. The Balaban J connectivity index is 2.11. The summed E-state index contributed by atoms with van der Waals surface area (Å²) in [5.74, 6) is -0.198. The van der Waals surface area contributed by atoms with E-state index in [0.29, 0.717) is 13.0 Å². The Bertz CT molecular complexity index is 460. The molecular formula is C16H23FN2O2. The molecule has 0 unspecified atom stereocenters. The molecule has 0 saturated carbocycles. The molecule has 21 heavy (non-hydrogen) atoms. The van der Waals surface area contributed by atoms with Crippen molar-refractivity contribution in [3.8, 4) is 0 Å². The zero-order chi connectivity index (χ0) is 15.2. The lowest BCUT2D eigenvalue weighted by Crippen LogP contribution is -2.41. The van der Waals surface area contributed by atoms with Gasteiger partial charge in [0, 0.05) is 20.2 Å². The lowest BCUT2D eigenvalue weighted by Gasteiger charge is -2.36. The summed E-state index contributed by atoms with van der Waals surface area (Å²) in [4.78, 5) is 14.4. The first-order chi connectivity index (χ1) is 10.2. The van der Waals surface area contributed by atoms with E-state index < -0.39 is 0 Å². The van der Waals surface area contributed by atoms with Crippen molar-refractivity contribution < 1.29 is 13.9 Å². The van der Waals surface area contributed by atoms with Crippen LogP contribution in [0, 0.1) is 5.82 Å². The van der Waals surface area contributed by atoms with Gasteiger partial charge in [-0.1, -0.05) is 12.1 Å². The molecule has 0 radical (unpaired) electrons. The minimum Gasteiger partial charge on any atom is -0.380 e. The number of piperidine rings is 1. The van der Waals surface area contributed by atoms with E-state index in [1.54, 1.807) is 19.2 Å². The third-order valence-corrected chi connectivity index (χ3v) is 4.08. The van der Waals surface area contributed by atoms with Crippen LogP contribution < -0.4 is 5.73 Å². The number of carbonyl (C=O) groups is 1. The molecule has 116 valence electrons. The van der Waals surface area contributed by atoms with Crippen molar-refractivity contribution in [2.45, 2.75) is 37.8 Å². The van der Waals surface area contributed by atoms with Gasteiger partial charge >= 0.3 is 0 Å². The van der Waals surface area contributed by atoms with Gasteiger partial charge in [-0.05, 0) is 37.0 Å². The molecule has 0 spiro atoms. The van der Waals surface area contributed by atoms with Crippen LogP contribution in [0.4, 0.5) is 4.39 Å². The van der Waals surface area contributed by atoms with E-state index in [1.165, 1.54) is 12.1 Å². The molecule has 1 aromatic rings. The van der Waals surface area contributed by atoms with Crippen LogP contribution in [-0.2, 0) is 9.53 Å². The van der Waals surface area contributed by atoms with Gasteiger partial charge in [0.05, 0.1) is 18.6 Å². The summed E-state index contributed by atoms with van der Waals surface area (Å²) in [5, 5.41) is 0. The van der Waals surface area contributed by atoms with Crippen LogP contribution in [0.25, 0.3) is 0 Å². The van der Waals surface area contributed by atoms with Crippen molar-refractivity contribution in [3.63, 3.8) is 0 Å². The van der Waals surface area contributed by atoms with Gasteiger partial charge in [0.15, 0.2) is 0 Å². The first-order valence-corrected chi connectivity index (χ1v) is 7.43. The van der Waals surface area contributed by atoms with Gasteiger partial charge in [0.2, 0.25) is 5.91 Å². The Labute approximate surface area is 125 Å². The van der Waals surface area contributed by atoms with Crippen LogP contribution in [0.2, 0.25) is 0 Å². The Morgan fingerprint density at radius 1 is 1.43 bits per heavy atom. The average molecular weight is 294 g/mol. The van der Waals surface area contributed by atoms with Crippen molar-refractivity contribution >= 4 is 5.91 Å². The number of nitrogens with two attached hydrogens (primary N) is 1. The van der Waals surface area contributed by atoms with Gasteiger partial charge in [0.1, 0.15) is 5.82 Å². The molecule has 2 rings (SSSR count). The second kappa shape index (κ2) is 7.52. The number of hydrogen-bond donors (Lipinski definition) is 1. The summed E-state index contributed by atoms with van der Waals surface area (Å²) in [6, 6.07) is 6.46. The first kappa shape index (κ1) is 15.9. The third kappa shape index (κ3) is 4.02. The second-order valence-corrected chi connectivity index (χ2v) is 5.45. The number of hydrogen-bond acceptors (Lipinski definition) is 3. The fourth-order valence-corrected chi connectivity index (χ4v) is 2.84. The van der Waals surface area contributed by atoms with Gasteiger partial charge in [-0.2, -0.15) is 0 Å². The molecule has 1 aliphatic heterocycles. The van der Waals surface area contributed by atoms with Crippen LogP contribution in [0.1, 0.15) is 37.3 Å². The molecule has 0 bridgehead atoms. The molecule has 0 aromatic heterocycles. The number of nitrogens with zero attached hydrogens (tertiary/aromatic N) is 1. The molecule has 2 N–H and O–H groups in total. The van der Waals surface area contributed by atoms with Gasteiger partial charge in [-0.25, -0.2) is 4.39 Å². The number of rotatable bonds is 5. The summed E-state index contributed by atoms with van der Waals surface area (Å²) >= 11 is 0. The minimum absolute atomic E-state index is 0.0298. The molecule has 4 nitrogen and oxygen atoms in total. The second-order valence-electron chi connectivity index (χ2n) is 5.45. The summed E-state index contributed by atoms with van der Waals surface area (Å²) in [6.07, 6.45) is 3.05. The number of ether oxygens (including phenoxy) is 1. The number of amides is 1. The smallest absolute Gasteiger partial charge is 0.225 e. The predicted octanol–water partition coefficient (Wildman–Crippen LogP) is 2.24. The predicted molar refractivity (Wildman–Crippen MR) is 79.2 cm³/mol. The molecule has 1 aliphatic rings. The fourth-order valence-electron chi connectivity index (χ4n) is 2.84. The van der Waals surface area contributed by atoms with E-state index in [4.69, 9.17) is 10.5 Å². The van der Waals surface area contributed by atoms with Crippen molar-refractivity contribution in [2.24, 2.45) is 5.73 Å². The zero-order valence-corrected chi connectivity index (χ0v) is 12.4. The summed E-state index contributed by atoms with van der Waals surface area (Å²) < 4.78 is 18.3. The topological polar surface area (TPSA) is 55.6 Å². The van der Waals surface area contributed by atoms with Crippen LogP contribution in [0.3, 0.4) is 0 Å². The van der Waals surface area contributed by atoms with Crippen molar-refractivity contribution in [1.29, 1.82) is 0 Å². The van der Waals surface area contributed by atoms with E-state index in [9.17, 15) is 9.18 Å². The highest BCUT2D eigenvalue weighted by molar-refractivity contribution is 5.77. The number of methoxy groups -OCH3 is 1. The van der Waals surface area contributed by atoms with E-state index >= 15 is 0 Å². The number of carbonyl (C=O) groups excluding carboxylic acids is 1. The zero-order valence-electron chi connectivity index (χ0n) is 12.4. The standard InChI is InChI=1S/C16H23FN2O2/c1-21-14(11-18)10-16(20)19-9-3-2-4-15(19)12-5-7-13(17)8-6-12/h5-8,14-15H,2-4,9-11,18H2,1H3/t14-,15-/m1/s1. The maximum absolute atomic E-state index is 13.1. The molecule has 1 fully saturated rings. The molecule has 1 aromatic carbocycles. The average Bonchev–Trinajstić information content (AvgIpc) is 2.53. The summed E-state index contributed by atoms with van der Waals surface area (Å²) in [7, 11) is 1.57. The Morgan fingerprint density at radius 3 is 2.76 bits per heavy atom. The minimum atomic E-state index is -0.255. The van der Waals surface area contributed by atoms with Gasteiger partial charge in [0.25, 0.3) is 0 Å². The van der Waals surface area contributed by atoms with Crippen molar-refractivity contribution in [1.82, 2.24) is 4.90 Å². The normalized spacial score (nSPS) is 20.3. The van der Waals surface area contributed by atoms with E-state index in [-0.39, 0.29) is 23.9 Å². The van der Waals surface area contributed by atoms with E-state index in [2.05, 4.69) is 0 Å². The fraction of sp³-hybridized carbons (Fsp3) is 0.562. The first-order valence-electron chi connectivity index (χ1n) is 7.43. The Kier molecular flexibility index (Phi) is 5.70. The monoisotopic (exact) mass is 294 g/mol. The molecule has 2 atom stereocenters. The third-order valence-electron chi connectivity index (χ3n) is 4.08. The van der Waals surface area contributed by atoms with Crippen LogP contribution in [-0.4, -0.2) is 37.1 Å². The Hall–Kier alpha value is -1.46. The van der Waals surface area contributed by atoms with Crippen molar-refractivity contribution in [3.05, 3.63) is 35.6 Å². The van der Waals surface area contributed by atoms with Crippen molar-refractivity contribution in [2.75, 3.05) is 20.2 Å². The molecule has 1 heterocycles. The van der Waals surface area contributed by atoms with Gasteiger partial charge in [-0.3, -0.25) is 4.79 Å². The maximum Gasteiger partial charge on any atom is 0.225 e. The summed E-state index contributed by atoms with van der Waals surface area (Å²) in [6.45, 7) is 1.07. The number of halogens is 1. The van der Waals surface area contributed by atoms with E-state index in [1.807, 2.05) is 4.90 Å². The highest BCUT2D eigenvalue weighted by Crippen LogP contribution is 2.31. The molecular weight excluding hydrogens is 271 g/mol. The van der Waals surface area contributed by atoms with E-state index in [0.717, 1.165) is 31.4 Å². The highest BCUT2D eigenvalue weighted by Gasteiger charge is 2.29. The van der Waals surface area contributed by atoms with Crippen LogP contribution in [0.5, 0.6) is 0 Å². The number of likely N-dealkylation sites (tertiary alicyclic amines) is 1. The number of benzene rings is 1. The van der Waals surface area contributed by atoms with Crippen LogP contribution in [0.15, 0.2) is 24.3 Å². The SMILES string of the molecule is CO[C@@H](CN)CC(=O)N1CCCC[C@@H]1c1ccc(F)cc1. The molecule has 1 amide bonds. The lowest BCUT2D eigenvalue weighted by molar-refractivity contribution is -0.137. The largest absolute Gasteiger partial charge is 0.380 e. The van der Waals surface area contributed by atoms with Gasteiger partial charge < -0.3 is 15.4 Å². The Morgan fingerprint density at radius 2 is 2.14 bits per heavy atom.